The highest BCUT2D eigenvalue weighted by Crippen LogP contribution is 2.26. The molecule has 2 N–H and O–H groups in total. The van der Waals surface area contributed by atoms with Crippen molar-refractivity contribution in [2.45, 2.75) is 6.54 Å². The van der Waals surface area contributed by atoms with Gasteiger partial charge in [-0.2, -0.15) is 5.10 Å². The van der Waals surface area contributed by atoms with Crippen molar-refractivity contribution in [1.29, 1.82) is 0 Å². The maximum atomic E-state index is 13.8. The SMILES string of the molecule is CN1C=C(N)c2cnn(-c3ccc(F)cc3F)c2C1. The molecule has 0 amide bonds. The van der Waals surface area contributed by atoms with E-state index in [-0.39, 0.29) is 5.69 Å². The first-order valence-electron chi connectivity index (χ1n) is 5.76. The zero-order chi connectivity index (χ0) is 13.6. The van der Waals surface area contributed by atoms with Gasteiger partial charge in [0, 0.05) is 24.9 Å². The van der Waals surface area contributed by atoms with E-state index in [0.717, 1.165) is 17.3 Å². The molecule has 0 bridgehead atoms. The van der Waals surface area contributed by atoms with Gasteiger partial charge in [-0.1, -0.05) is 0 Å². The number of aromatic nitrogens is 2. The van der Waals surface area contributed by atoms with E-state index in [2.05, 4.69) is 5.10 Å². The maximum absolute atomic E-state index is 13.8. The van der Waals surface area contributed by atoms with Crippen molar-refractivity contribution in [3.63, 3.8) is 0 Å². The Hall–Kier alpha value is -2.37. The Kier molecular flexibility index (Phi) is 2.51. The molecule has 0 aliphatic carbocycles. The predicted octanol–water partition coefficient (Wildman–Crippen LogP) is 1.85. The Morgan fingerprint density at radius 2 is 2.11 bits per heavy atom. The number of hydrogen-bond donors (Lipinski definition) is 1. The summed E-state index contributed by atoms with van der Waals surface area (Å²) in [5.41, 5.74) is 8.26. The number of halogens is 2. The molecule has 1 aromatic heterocycles. The quantitative estimate of drug-likeness (QED) is 0.853. The molecule has 6 heteroatoms. The number of benzene rings is 1. The molecule has 0 fully saturated rings. The largest absolute Gasteiger partial charge is 0.397 e. The summed E-state index contributed by atoms with van der Waals surface area (Å²) >= 11 is 0. The van der Waals surface area contributed by atoms with Crippen LogP contribution in [-0.4, -0.2) is 21.7 Å². The van der Waals surface area contributed by atoms with Crippen LogP contribution < -0.4 is 5.73 Å². The van der Waals surface area contributed by atoms with Gasteiger partial charge in [0.15, 0.2) is 5.82 Å². The average Bonchev–Trinajstić information content (AvgIpc) is 2.73. The third-order valence-corrected chi connectivity index (χ3v) is 3.08. The first-order chi connectivity index (χ1) is 9.06. The molecular formula is C13H12F2N4. The molecule has 1 aliphatic heterocycles. The number of fused-ring (bicyclic) bond motifs is 1. The van der Waals surface area contributed by atoms with Gasteiger partial charge in [-0.25, -0.2) is 13.5 Å². The van der Waals surface area contributed by atoms with E-state index < -0.39 is 11.6 Å². The van der Waals surface area contributed by atoms with E-state index >= 15 is 0 Å². The Morgan fingerprint density at radius 3 is 2.84 bits per heavy atom. The number of hydrogen-bond acceptors (Lipinski definition) is 3. The molecule has 1 aliphatic rings. The van der Waals surface area contributed by atoms with Crippen LogP contribution in [0.4, 0.5) is 8.78 Å². The van der Waals surface area contributed by atoms with Crippen LogP contribution in [0.3, 0.4) is 0 Å². The fourth-order valence-corrected chi connectivity index (χ4v) is 2.22. The summed E-state index contributed by atoms with van der Waals surface area (Å²) in [5, 5.41) is 4.15. The lowest BCUT2D eigenvalue weighted by atomic mass is 10.1. The fraction of sp³-hybridized carbons (Fsp3) is 0.154. The average molecular weight is 262 g/mol. The third kappa shape index (κ3) is 1.85. The lowest BCUT2D eigenvalue weighted by Gasteiger charge is -2.22. The van der Waals surface area contributed by atoms with Gasteiger partial charge in [0.1, 0.15) is 11.5 Å². The van der Waals surface area contributed by atoms with Crippen molar-refractivity contribution in [3.8, 4) is 5.69 Å². The van der Waals surface area contributed by atoms with Gasteiger partial charge < -0.3 is 10.6 Å². The second-order valence-corrected chi connectivity index (χ2v) is 4.51. The Labute approximate surface area is 108 Å². The fourth-order valence-electron chi connectivity index (χ4n) is 2.22. The van der Waals surface area contributed by atoms with Crippen molar-refractivity contribution in [3.05, 3.63) is 53.5 Å². The molecule has 0 saturated heterocycles. The van der Waals surface area contributed by atoms with Crippen molar-refractivity contribution in [2.75, 3.05) is 7.05 Å². The molecular weight excluding hydrogens is 250 g/mol. The number of nitrogens with two attached hydrogens (primary N) is 1. The van der Waals surface area contributed by atoms with E-state index in [1.54, 1.807) is 12.4 Å². The second kappa shape index (κ2) is 4.08. The topological polar surface area (TPSA) is 47.1 Å². The van der Waals surface area contributed by atoms with Crippen molar-refractivity contribution >= 4 is 5.70 Å². The lowest BCUT2D eigenvalue weighted by molar-refractivity contribution is 0.430. The molecule has 0 spiro atoms. The second-order valence-electron chi connectivity index (χ2n) is 4.51. The number of nitrogens with zero attached hydrogens (tertiary/aromatic N) is 3. The Balaban J connectivity index is 2.16. The highest BCUT2D eigenvalue weighted by Gasteiger charge is 2.21. The van der Waals surface area contributed by atoms with Crippen LogP contribution in [0, 0.1) is 11.6 Å². The predicted molar refractivity (Wildman–Crippen MR) is 67.1 cm³/mol. The van der Waals surface area contributed by atoms with Crippen LogP contribution >= 0.6 is 0 Å². The van der Waals surface area contributed by atoms with Crippen LogP contribution in [0.25, 0.3) is 11.4 Å². The van der Waals surface area contributed by atoms with Crippen molar-refractivity contribution in [2.24, 2.45) is 5.73 Å². The van der Waals surface area contributed by atoms with Crippen LogP contribution in [0.15, 0.2) is 30.6 Å². The first-order valence-corrected chi connectivity index (χ1v) is 5.76. The molecule has 98 valence electrons. The van der Waals surface area contributed by atoms with Gasteiger partial charge >= 0.3 is 0 Å². The summed E-state index contributed by atoms with van der Waals surface area (Å²) in [6.07, 6.45) is 3.40. The Morgan fingerprint density at radius 1 is 1.32 bits per heavy atom. The van der Waals surface area contributed by atoms with E-state index in [4.69, 9.17) is 5.73 Å². The molecule has 3 rings (SSSR count). The molecule has 0 saturated carbocycles. The van der Waals surface area contributed by atoms with Crippen LogP contribution in [0.2, 0.25) is 0 Å². The molecule has 19 heavy (non-hydrogen) atoms. The monoisotopic (exact) mass is 262 g/mol. The van der Waals surface area contributed by atoms with Gasteiger partial charge in [-0.05, 0) is 12.1 Å². The van der Waals surface area contributed by atoms with Gasteiger partial charge in [0.2, 0.25) is 0 Å². The third-order valence-electron chi connectivity index (χ3n) is 3.08. The van der Waals surface area contributed by atoms with Crippen LogP contribution in [-0.2, 0) is 6.54 Å². The maximum Gasteiger partial charge on any atom is 0.151 e. The molecule has 2 heterocycles. The van der Waals surface area contributed by atoms with Gasteiger partial charge in [-0.15, -0.1) is 0 Å². The molecule has 2 aromatic rings. The van der Waals surface area contributed by atoms with Crippen LogP contribution in [0.1, 0.15) is 11.3 Å². The minimum absolute atomic E-state index is 0.214. The highest BCUT2D eigenvalue weighted by molar-refractivity contribution is 5.66. The summed E-state index contributed by atoms with van der Waals surface area (Å²) in [7, 11) is 1.87. The van der Waals surface area contributed by atoms with Gasteiger partial charge in [0.05, 0.1) is 24.1 Å². The first kappa shape index (κ1) is 11.7. The number of rotatable bonds is 1. The molecule has 4 nitrogen and oxygen atoms in total. The summed E-state index contributed by atoms with van der Waals surface area (Å²) < 4.78 is 28.2. The van der Waals surface area contributed by atoms with E-state index in [1.165, 1.54) is 16.8 Å². The normalized spacial score (nSPS) is 14.3. The zero-order valence-electron chi connectivity index (χ0n) is 10.3. The van der Waals surface area contributed by atoms with Crippen molar-refractivity contribution < 1.29 is 8.78 Å². The minimum atomic E-state index is -0.651. The molecule has 1 aromatic carbocycles. The minimum Gasteiger partial charge on any atom is -0.397 e. The van der Waals surface area contributed by atoms with Crippen molar-refractivity contribution in [1.82, 2.24) is 14.7 Å². The van der Waals surface area contributed by atoms with Crippen LogP contribution in [0.5, 0.6) is 0 Å². The smallest absolute Gasteiger partial charge is 0.151 e. The van der Waals surface area contributed by atoms with E-state index in [9.17, 15) is 8.78 Å². The van der Waals surface area contributed by atoms with Gasteiger partial charge in [-0.3, -0.25) is 0 Å². The molecule has 0 atom stereocenters. The summed E-state index contributed by atoms with van der Waals surface area (Å²) in [6, 6.07) is 3.42. The Bertz CT molecular complexity index is 675. The standard InChI is InChI=1S/C13H12F2N4/c1-18-6-11(16)9-5-17-19(13(9)7-18)12-3-2-8(14)4-10(12)15/h2-6H,7,16H2,1H3. The van der Waals surface area contributed by atoms with E-state index in [0.29, 0.717) is 12.2 Å². The molecule has 0 radical (unpaired) electrons. The van der Waals surface area contributed by atoms with E-state index in [1.807, 2.05) is 11.9 Å². The zero-order valence-corrected chi connectivity index (χ0v) is 10.3. The summed E-state index contributed by atoms with van der Waals surface area (Å²) in [4.78, 5) is 1.89. The highest BCUT2D eigenvalue weighted by atomic mass is 19.1. The summed E-state index contributed by atoms with van der Waals surface area (Å²) in [6.45, 7) is 0.562. The lowest BCUT2D eigenvalue weighted by Crippen LogP contribution is -2.21. The van der Waals surface area contributed by atoms with Gasteiger partial charge in [0.25, 0.3) is 0 Å². The molecule has 0 unspecified atom stereocenters. The summed E-state index contributed by atoms with van der Waals surface area (Å²) in [5.74, 6) is -1.26.